The van der Waals surface area contributed by atoms with E-state index in [0.29, 0.717) is 12.6 Å². The van der Waals surface area contributed by atoms with E-state index < -0.39 is 0 Å². The average Bonchev–Trinajstić information content (AvgIpc) is 2.32. The predicted octanol–water partition coefficient (Wildman–Crippen LogP) is 1.81. The van der Waals surface area contributed by atoms with Gasteiger partial charge in [0.15, 0.2) is 0 Å². The molecular weight excluding hydrogens is 254 g/mol. The van der Waals surface area contributed by atoms with Crippen molar-refractivity contribution >= 4 is 18.1 Å². The molecule has 0 amide bonds. The zero-order chi connectivity index (χ0) is 12.3. The number of benzene rings is 1. The third-order valence-corrected chi connectivity index (χ3v) is 3.20. The molecule has 0 radical (unpaired) electrons. The molecule has 0 spiro atoms. The fourth-order valence-electron chi connectivity index (χ4n) is 2.16. The maximum atomic E-state index is 10.9. The van der Waals surface area contributed by atoms with Crippen molar-refractivity contribution in [1.29, 1.82) is 0 Å². The molecule has 1 aliphatic rings. The van der Waals surface area contributed by atoms with Crippen molar-refractivity contribution in [2.45, 2.75) is 19.5 Å². The van der Waals surface area contributed by atoms with Gasteiger partial charge in [-0.3, -0.25) is 15.0 Å². The first-order valence-corrected chi connectivity index (χ1v) is 5.85. The number of nitrogens with zero attached hydrogens (tertiary/aromatic N) is 2. The number of hydrogen-bond donors (Lipinski definition) is 1. The Bertz CT molecular complexity index is 414. The Morgan fingerprint density at radius 3 is 2.89 bits per heavy atom. The summed E-state index contributed by atoms with van der Waals surface area (Å²) >= 11 is 0. The van der Waals surface area contributed by atoms with Crippen LogP contribution in [0.2, 0.25) is 0 Å². The summed E-state index contributed by atoms with van der Waals surface area (Å²) in [6.45, 7) is 5.62. The van der Waals surface area contributed by atoms with Crippen molar-refractivity contribution in [3.05, 3.63) is 39.9 Å². The van der Waals surface area contributed by atoms with E-state index in [2.05, 4.69) is 17.1 Å². The van der Waals surface area contributed by atoms with Crippen LogP contribution in [0.1, 0.15) is 12.5 Å². The minimum atomic E-state index is -0.303. The lowest BCUT2D eigenvalue weighted by Crippen LogP contribution is -2.49. The van der Waals surface area contributed by atoms with Crippen molar-refractivity contribution in [1.82, 2.24) is 10.2 Å². The minimum Gasteiger partial charge on any atom is -0.314 e. The van der Waals surface area contributed by atoms with Crippen molar-refractivity contribution < 1.29 is 4.92 Å². The van der Waals surface area contributed by atoms with Crippen LogP contribution in [0.5, 0.6) is 0 Å². The van der Waals surface area contributed by atoms with Gasteiger partial charge in [-0.1, -0.05) is 18.2 Å². The number of piperazine rings is 1. The Kier molecular flexibility index (Phi) is 5.53. The molecule has 1 aromatic carbocycles. The number of para-hydroxylation sites is 1. The molecule has 6 heteroatoms. The zero-order valence-electron chi connectivity index (χ0n) is 10.3. The number of nitro benzene ring substituents is 1. The summed E-state index contributed by atoms with van der Waals surface area (Å²) in [5.41, 5.74) is 1.02. The highest BCUT2D eigenvalue weighted by Crippen LogP contribution is 2.20. The smallest absolute Gasteiger partial charge is 0.273 e. The molecule has 5 nitrogen and oxygen atoms in total. The summed E-state index contributed by atoms with van der Waals surface area (Å²) in [7, 11) is 0. The minimum absolute atomic E-state index is 0. The van der Waals surface area contributed by atoms with Crippen LogP contribution < -0.4 is 5.32 Å². The second-order valence-corrected chi connectivity index (χ2v) is 4.41. The second kappa shape index (κ2) is 6.68. The number of halogens is 1. The Morgan fingerprint density at radius 1 is 1.50 bits per heavy atom. The topological polar surface area (TPSA) is 58.4 Å². The molecule has 1 heterocycles. The van der Waals surface area contributed by atoms with Crippen molar-refractivity contribution in [2.75, 3.05) is 19.6 Å². The molecule has 1 aliphatic heterocycles. The summed E-state index contributed by atoms with van der Waals surface area (Å²) in [6, 6.07) is 7.40. The highest BCUT2D eigenvalue weighted by Gasteiger charge is 2.21. The first-order valence-electron chi connectivity index (χ1n) is 5.85. The lowest BCUT2D eigenvalue weighted by atomic mass is 10.1. The summed E-state index contributed by atoms with van der Waals surface area (Å²) in [6.07, 6.45) is 0. The van der Waals surface area contributed by atoms with E-state index in [1.165, 1.54) is 0 Å². The standard InChI is InChI=1S/C12H17N3O2.ClH/c1-10-8-13-6-7-14(10)9-11-4-2-3-5-12(11)15(16)17;/h2-5,10,13H,6-9H2,1H3;1H/t10-;/m0./s1. The molecule has 100 valence electrons. The number of nitrogens with one attached hydrogen (secondary N) is 1. The van der Waals surface area contributed by atoms with Crippen LogP contribution in [0, 0.1) is 10.1 Å². The largest absolute Gasteiger partial charge is 0.314 e. The highest BCUT2D eigenvalue weighted by atomic mass is 35.5. The van der Waals surface area contributed by atoms with Crippen molar-refractivity contribution in [3.8, 4) is 0 Å². The van der Waals surface area contributed by atoms with Gasteiger partial charge in [0.05, 0.1) is 4.92 Å². The van der Waals surface area contributed by atoms with Crippen LogP contribution in [-0.2, 0) is 6.54 Å². The Labute approximate surface area is 113 Å². The van der Waals surface area contributed by atoms with Gasteiger partial charge in [0.1, 0.15) is 0 Å². The monoisotopic (exact) mass is 271 g/mol. The van der Waals surface area contributed by atoms with Gasteiger partial charge in [0.2, 0.25) is 0 Å². The normalized spacial score (nSPS) is 20.2. The SMILES string of the molecule is C[C@H]1CNCCN1Cc1ccccc1[N+](=O)[O-].Cl. The van der Waals surface area contributed by atoms with Gasteiger partial charge in [-0.2, -0.15) is 0 Å². The molecule has 0 aromatic heterocycles. The molecule has 1 aromatic rings. The number of hydrogen-bond acceptors (Lipinski definition) is 4. The van der Waals surface area contributed by atoms with Crippen LogP contribution in [0.25, 0.3) is 0 Å². The fourth-order valence-corrected chi connectivity index (χ4v) is 2.16. The van der Waals surface area contributed by atoms with Crippen LogP contribution in [-0.4, -0.2) is 35.5 Å². The van der Waals surface area contributed by atoms with Gasteiger partial charge >= 0.3 is 0 Å². The molecule has 0 unspecified atom stereocenters. The van der Waals surface area contributed by atoms with Crippen LogP contribution >= 0.6 is 12.4 Å². The van der Waals surface area contributed by atoms with Gasteiger partial charge in [0, 0.05) is 43.9 Å². The summed E-state index contributed by atoms with van der Waals surface area (Å²) in [5, 5.41) is 14.2. The van der Waals surface area contributed by atoms with E-state index in [4.69, 9.17) is 0 Å². The van der Waals surface area contributed by atoms with E-state index in [9.17, 15) is 10.1 Å². The molecule has 2 rings (SSSR count). The molecule has 1 atom stereocenters. The maximum Gasteiger partial charge on any atom is 0.273 e. The predicted molar refractivity (Wildman–Crippen MR) is 73.1 cm³/mol. The lowest BCUT2D eigenvalue weighted by Gasteiger charge is -2.33. The first kappa shape index (κ1) is 14.9. The highest BCUT2D eigenvalue weighted by molar-refractivity contribution is 5.85. The van der Waals surface area contributed by atoms with E-state index in [1.807, 2.05) is 12.1 Å². The van der Waals surface area contributed by atoms with Gasteiger partial charge < -0.3 is 5.32 Å². The zero-order valence-corrected chi connectivity index (χ0v) is 11.2. The molecule has 1 N–H and O–H groups in total. The third-order valence-electron chi connectivity index (χ3n) is 3.20. The van der Waals surface area contributed by atoms with Gasteiger partial charge in [-0.05, 0) is 6.92 Å². The fraction of sp³-hybridized carbons (Fsp3) is 0.500. The summed E-state index contributed by atoms with van der Waals surface area (Å²) in [5.74, 6) is 0. The molecule has 1 fully saturated rings. The molecule has 18 heavy (non-hydrogen) atoms. The van der Waals surface area contributed by atoms with E-state index >= 15 is 0 Å². The van der Waals surface area contributed by atoms with E-state index in [-0.39, 0.29) is 23.0 Å². The van der Waals surface area contributed by atoms with Crippen LogP contribution in [0.4, 0.5) is 5.69 Å². The Balaban J connectivity index is 0.00000162. The van der Waals surface area contributed by atoms with Crippen LogP contribution in [0.15, 0.2) is 24.3 Å². The molecule has 0 saturated carbocycles. The number of rotatable bonds is 3. The Morgan fingerprint density at radius 2 is 2.22 bits per heavy atom. The summed E-state index contributed by atoms with van der Waals surface area (Å²) < 4.78 is 0. The average molecular weight is 272 g/mol. The van der Waals surface area contributed by atoms with Gasteiger partial charge in [0.25, 0.3) is 5.69 Å². The molecule has 1 saturated heterocycles. The third kappa shape index (κ3) is 3.41. The van der Waals surface area contributed by atoms with Crippen LogP contribution in [0.3, 0.4) is 0 Å². The summed E-state index contributed by atoms with van der Waals surface area (Å²) in [4.78, 5) is 12.9. The van der Waals surface area contributed by atoms with Crippen molar-refractivity contribution in [3.63, 3.8) is 0 Å². The quantitative estimate of drug-likeness (QED) is 0.673. The lowest BCUT2D eigenvalue weighted by molar-refractivity contribution is -0.385. The molecule has 0 aliphatic carbocycles. The van der Waals surface area contributed by atoms with Gasteiger partial charge in [-0.25, -0.2) is 0 Å². The first-order chi connectivity index (χ1) is 8.18. The molecule has 0 bridgehead atoms. The molecular formula is C12H18ClN3O2. The number of nitro groups is 1. The maximum absolute atomic E-state index is 10.9. The van der Waals surface area contributed by atoms with E-state index in [1.54, 1.807) is 12.1 Å². The van der Waals surface area contributed by atoms with E-state index in [0.717, 1.165) is 25.2 Å². The Hall–Kier alpha value is -1.17. The van der Waals surface area contributed by atoms with Gasteiger partial charge in [-0.15, -0.1) is 12.4 Å². The van der Waals surface area contributed by atoms with Crippen molar-refractivity contribution in [2.24, 2.45) is 0 Å². The second-order valence-electron chi connectivity index (χ2n) is 4.41.